The molecular weight excluding hydrogens is 318 g/mol. The van der Waals surface area contributed by atoms with Gasteiger partial charge in [-0.25, -0.2) is 4.98 Å². The second kappa shape index (κ2) is 6.57. The fraction of sp³-hybridized carbons (Fsp3) is 0.667. The maximum atomic E-state index is 6.18. The first-order chi connectivity index (χ1) is 8.69. The molecule has 0 aliphatic heterocycles. The van der Waals surface area contributed by atoms with Crippen LogP contribution >= 0.6 is 27.5 Å². The Morgan fingerprint density at radius 2 is 2.39 bits per heavy atom. The monoisotopic (exact) mass is 333 g/mol. The summed E-state index contributed by atoms with van der Waals surface area (Å²) in [6, 6.07) is 0. The number of aromatic nitrogens is 2. The fourth-order valence-electron chi connectivity index (χ4n) is 2.23. The number of methoxy groups -OCH3 is 1. The lowest BCUT2D eigenvalue weighted by atomic mass is 9.89. The number of rotatable bonds is 4. The van der Waals surface area contributed by atoms with Gasteiger partial charge in [-0.05, 0) is 41.1 Å². The Bertz CT molecular complexity index is 405. The molecule has 1 N–H and O–H groups in total. The highest BCUT2D eigenvalue weighted by molar-refractivity contribution is 9.10. The molecule has 0 spiro atoms. The van der Waals surface area contributed by atoms with E-state index in [-0.39, 0.29) is 0 Å². The lowest BCUT2D eigenvalue weighted by Crippen LogP contribution is -2.23. The van der Waals surface area contributed by atoms with Crippen LogP contribution in [-0.4, -0.2) is 29.0 Å². The zero-order valence-corrected chi connectivity index (χ0v) is 12.7. The van der Waals surface area contributed by atoms with Crippen LogP contribution in [0.25, 0.3) is 0 Å². The third-order valence-electron chi connectivity index (χ3n) is 3.17. The van der Waals surface area contributed by atoms with Crippen molar-refractivity contribution in [1.29, 1.82) is 0 Å². The molecule has 18 heavy (non-hydrogen) atoms. The standard InChI is InChI=1S/C12H17BrClN3O/c1-18-11-10(13)7-16-12(17-11)15-6-8-3-2-4-9(14)5-8/h7-9H,2-6H2,1H3,(H,15,16,17). The van der Waals surface area contributed by atoms with Gasteiger partial charge in [0, 0.05) is 11.9 Å². The van der Waals surface area contributed by atoms with Gasteiger partial charge in [0.1, 0.15) is 0 Å². The van der Waals surface area contributed by atoms with Crippen LogP contribution in [0.1, 0.15) is 25.7 Å². The van der Waals surface area contributed by atoms with Crippen LogP contribution in [0.2, 0.25) is 0 Å². The highest BCUT2D eigenvalue weighted by Gasteiger charge is 2.20. The summed E-state index contributed by atoms with van der Waals surface area (Å²) in [6.07, 6.45) is 6.34. The number of anilines is 1. The molecule has 6 heteroatoms. The Morgan fingerprint density at radius 1 is 1.56 bits per heavy atom. The van der Waals surface area contributed by atoms with E-state index in [1.165, 1.54) is 12.8 Å². The van der Waals surface area contributed by atoms with Crippen LogP contribution in [0.4, 0.5) is 5.95 Å². The van der Waals surface area contributed by atoms with E-state index in [1.54, 1.807) is 13.3 Å². The summed E-state index contributed by atoms with van der Waals surface area (Å²) in [5, 5.41) is 3.58. The van der Waals surface area contributed by atoms with Crippen molar-refractivity contribution < 1.29 is 4.74 Å². The average Bonchev–Trinajstić information content (AvgIpc) is 2.38. The highest BCUT2D eigenvalue weighted by Crippen LogP contribution is 2.28. The molecule has 0 radical (unpaired) electrons. The minimum absolute atomic E-state index is 0.325. The highest BCUT2D eigenvalue weighted by atomic mass is 79.9. The number of nitrogens with zero attached hydrogens (tertiary/aromatic N) is 2. The van der Waals surface area contributed by atoms with Crippen molar-refractivity contribution in [2.75, 3.05) is 19.0 Å². The first-order valence-electron chi connectivity index (χ1n) is 6.13. The lowest BCUT2D eigenvalue weighted by Gasteiger charge is -2.25. The van der Waals surface area contributed by atoms with Gasteiger partial charge in [0.15, 0.2) is 0 Å². The largest absolute Gasteiger partial charge is 0.480 e. The van der Waals surface area contributed by atoms with Gasteiger partial charge in [0.05, 0.1) is 17.8 Å². The van der Waals surface area contributed by atoms with E-state index in [0.29, 0.717) is 23.1 Å². The first-order valence-corrected chi connectivity index (χ1v) is 7.36. The van der Waals surface area contributed by atoms with Crippen molar-refractivity contribution >= 4 is 33.5 Å². The van der Waals surface area contributed by atoms with Gasteiger partial charge >= 0.3 is 0 Å². The van der Waals surface area contributed by atoms with Crippen LogP contribution in [0.15, 0.2) is 10.7 Å². The van der Waals surface area contributed by atoms with E-state index in [9.17, 15) is 0 Å². The topological polar surface area (TPSA) is 47.0 Å². The summed E-state index contributed by atoms with van der Waals surface area (Å²) in [6.45, 7) is 0.869. The quantitative estimate of drug-likeness (QED) is 0.857. The van der Waals surface area contributed by atoms with Crippen LogP contribution in [0, 0.1) is 5.92 Å². The van der Waals surface area contributed by atoms with Gasteiger partial charge in [0.2, 0.25) is 11.8 Å². The number of nitrogens with one attached hydrogen (secondary N) is 1. The van der Waals surface area contributed by atoms with Crippen molar-refractivity contribution in [2.24, 2.45) is 5.92 Å². The summed E-state index contributed by atoms with van der Waals surface area (Å²) in [7, 11) is 1.59. The Hall–Kier alpha value is -0.550. The normalized spacial score (nSPS) is 23.7. The molecule has 2 rings (SSSR count). The zero-order valence-electron chi connectivity index (χ0n) is 10.3. The van der Waals surface area contributed by atoms with E-state index in [0.717, 1.165) is 23.9 Å². The van der Waals surface area contributed by atoms with Gasteiger partial charge in [-0.1, -0.05) is 6.42 Å². The lowest BCUT2D eigenvalue weighted by molar-refractivity contribution is 0.376. The average molecular weight is 335 g/mol. The second-order valence-corrected chi connectivity index (χ2v) is 6.03. The minimum Gasteiger partial charge on any atom is -0.480 e. The van der Waals surface area contributed by atoms with Gasteiger partial charge < -0.3 is 10.1 Å². The van der Waals surface area contributed by atoms with E-state index in [2.05, 4.69) is 31.2 Å². The van der Waals surface area contributed by atoms with Crippen molar-refractivity contribution in [3.63, 3.8) is 0 Å². The number of alkyl halides is 1. The van der Waals surface area contributed by atoms with E-state index < -0.39 is 0 Å². The van der Waals surface area contributed by atoms with Crippen molar-refractivity contribution in [3.8, 4) is 5.88 Å². The Kier molecular flexibility index (Phi) is 5.06. The van der Waals surface area contributed by atoms with Gasteiger partial charge in [-0.2, -0.15) is 4.98 Å². The van der Waals surface area contributed by atoms with E-state index >= 15 is 0 Å². The molecule has 1 fully saturated rings. The molecule has 1 aromatic rings. The second-order valence-electron chi connectivity index (χ2n) is 4.56. The van der Waals surface area contributed by atoms with Crippen molar-refractivity contribution in [3.05, 3.63) is 10.7 Å². The summed E-state index contributed by atoms with van der Waals surface area (Å²) in [5.74, 6) is 1.76. The summed E-state index contributed by atoms with van der Waals surface area (Å²) in [5.41, 5.74) is 0. The Balaban J connectivity index is 1.89. The van der Waals surface area contributed by atoms with Crippen LogP contribution in [0.5, 0.6) is 5.88 Å². The molecule has 1 aromatic heterocycles. The molecular formula is C12H17BrClN3O. The molecule has 0 bridgehead atoms. The molecule has 0 amide bonds. The van der Waals surface area contributed by atoms with Gasteiger partial charge in [0.25, 0.3) is 0 Å². The van der Waals surface area contributed by atoms with Crippen LogP contribution in [-0.2, 0) is 0 Å². The molecule has 0 aromatic carbocycles. The maximum Gasteiger partial charge on any atom is 0.232 e. The zero-order chi connectivity index (χ0) is 13.0. The fourth-order valence-corrected chi connectivity index (χ4v) is 2.99. The van der Waals surface area contributed by atoms with Crippen molar-refractivity contribution in [1.82, 2.24) is 9.97 Å². The van der Waals surface area contributed by atoms with Gasteiger partial charge in [-0.15, -0.1) is 11.6 Å². The van der Waals surface area contributed by atoms with Crippen molar-refractivity contribution in [2.45, 2.75) is 31.1 Å². The third-order valence-corrected chi connectivity index (χ3v) is 4.11. The number of hydrogen-bond donors (Lipinski definition) is 1. The summed E-state index contributed by atoms with van der Waals surface area (Å²) in [4.78, 5) is 8.48. The van der Waals surface area contributed by atoms with Crippen LogP contribution < -0.4 is 10.1 Å². The molecule has 1 aliphatic rings. The Morgan fingerprint density at radius 3 is 3.11 bits per heavy atom. The van der Waals surface area contributed by atoms with Gasteiger partial charge in [-0.3, -0.25) is 0 Å². The third kappa shape index (κ3) is 3.72. The molecule has 2 unspecified atom stereocenters. The Labute approximate surface area is 121 Å². The van der Waals surface area contributed by atoms with Crippen LogP contribution in [0.3, 0.4) is 0 Å². The number of halogens is 2. The number of ether oxygens (including phenoxy) is 1. The van der Waals surface area contributed by atoms with E-state index in [4.69, 9.17) is 16.3 Å². The molecule has 0 saturated heterocycles. The SMILES string of the molecule is COc1nc(NCC2CCCC(Cl)C2)ncc1Br. The molecule has 100 valence electrons. The molecule has 4 nitrogen and oxygen atoms in total. The molecule has 2 atom stereocenters. The minimum atomic E-state index is 0.325. The maximum absolute atomic E-state index is 6.18. The first kappa shape index (κ1) is 13.9. The predicted octanol–water partition coefficient (Wildman–Crippen LogP) is 3.46. The van der Waals surface area contributed by atoms with E-state index in [1.807, 2.05) is 0 Å². The molecule has 1 heterocycles. The summed E-state index contributed by atoms with van der Waals surface area (Å²) >= 11 is 9.51. The molecule has 1 saturated carbocycles. The summed E-state index contributed by atoms with van der Waals surface area (Å²) < 4.78 is 5.89. The predicted molar refractivity (Wildman–Crippen MR) is 76.4 cm³/mol. The number of hydrogen-bond acceptors (Lipinski definition) is 4. The smallest absolute Gasteiger partial charge is 0.232 e. The molecule has 1 aliphatic carbocycles.